The summed E-state index contributed by atoms with van der Waals surface area (Å²) < 4.78 is 63.6. The van der Waals surface area contributed by atoms with Crippen molar-refractivity contribution >= 4 is 15.7 Å². The van der Waals surface area contributed by atoms with Crippen molar-refractivity contribution in [3.05, 3.63) is 0 Å². The number of ether oxygens (including phenoxy) is 1. The lowest BCUT2D eigenvalue weighted by Gasteiger charge is -2.11. The van der Waals surface area contributed by atoms with Crippen LogP contribution in [-0.4, -0.2) is 51.3 Å². The van der Waals surface area contributed by atoms with Gasteiger partial charge in [-0.3, -0.25) is 4.79 Å². The average Bonchev–Trinajstić information content (AvgIpc) is 2.94. The fourth-order valence-corrected chi connectivity index (χ4v) is 4.18. The smallest absolute Gasteiger partial charge is 0.372 e. The molecular weight excluding hydrogens is 323 g/mol. The summed E-state index contributed by atoms with van der Waals surface area (Å²) in [7, 11) is -3.22. The molecular formula is C13H22F3NO4S. The Morgan fingerprint density at radius 2 is 1.86 bits per heavy atom. The molecule has 0 aromatic rings. The van der Waals surface area contributed by atoms with E-state index in [1.165, 1.54) is 0 Å². The largest absolute Gasteiger partial charge is 0.411 e. The van der Waals surface area contributed by atoms with Crippen molar-refractivity contribution < 1.29 is 31.1 Å². The van der Waals surface area contributed by atoms with Crippen molar-refractivity contribution in [1.29, 1.82) is 0 Å². The van der Waals surface area contributed by atoms with Gasteiger partial charge in [0.1, 0.15) is 6.61 Å². The van der Waals surface area contributed by atoms with E-state index in [1.807, 2.05) is 0 Å². The van der Waals surface area contributed by atoms with Crippen LogP contribution in [0.5, 0.6) is 0 Å². The number of alkyl halides is 3. The van der Waals surface area contributed by atoms with Crippen LogP contribution < -0.4 is 5.32 Å². The second kappa shape index (κ2) is 8.71. The molecule has 1 aliphatic carbocycles. The minimum absolute atomic E-state index is 0.109. The van der Waals surface area contributed by atoms with Gasteiger partial charge < -0.3 is 10.1 Å². The van der Waals surface area contributed by atoms with E-state index in [9.17, 15) is 26.4 Å². The van der Waals surface area contributed by atoms with Crippen molar-refractivity contribution in [3.63, 3.8) is 0 Å². The Hall–Kier alpha value is -0.830. The average molecular weight is 345 g/mol. The molecule has 0 aromatic carbocycles. The van der Waals surface area contributed by atoms with E-state index in [-0.39, 0.29) is 37.0 Å². The number of sulfone groups is 1. The number of carbonyl (C=O) groups is 1. The standard InChI is InChI=1S/C13H22F3NO4S/c14-13(15,16)10-21-8-3-7-17-12(18)6-9-22(19,20)11-4-1-2-5-11/h11H,1-10H2,(H,17,18). The Morgan fingerprint density at radius 1 is 1.23 bits per heavy atom. The summed E-state index contributed by atoms with van der Waals surface area (Å²) in [5.74, 6) is -0.578. The first-order chi connectivity index (χ1) is 10.2. The van der Waals surface area contributed by atoms with E-state index in [4.69, 9.17) is 0 Å². The molecule has 0 spiro atoms. The Kier molecular flexibility index (Phi) is 7.61. The molecule has 1 fully saturated rings. The quantitative estimate of drug-likeness (QED) is 0.647. The van der Waals surface area contributed by atoms with Crippen LogP contribution in [0.2, 0.25) is 0 Å². The maximum atomic E-state index is 11.9. The fraction of sp³-hybridized carbons (Fsp3) is 0.923. The van der Waals surface area contributed by atoms with Gasteiger partial charge in [0.2, 0.25) is 5.91 Å². The van der Waals surface area contributed by atoms with Crippen LogP contribution in [0.25, 0.3) is 0 Å². The van der Waals surface area contributed by atoms with Gasteiger partial charge in [0.05, 0.1) is 11.0 Å². The molecule has 22 heavy (non-hydrogen) atoms. The lowest BCUT2D eigenvalue weighted by Crippen LogP contribution is -2.29. The first kappa shape index (κ1) is 19.2. The second-order valence-electron chi connectivity index (χ2n) is 5.39. The highest BCUT2D eigenvalue weighted by Gasteiger charge is 2.29. The molecule has 5 nitrogen and oxygen atoms in total. The number of hydrogen-bond donors (Lipinski definition) is 1. The number of carbonyl (C=O) groups excluding carboxylic acids is 1. The highest BCUT2D eigenvalue weighted by Crippen LogP contribution is 2.25. The summed E-state index contributed by atoms with van der Waals surface area (Å²) >= 11 is 0. The summed E-state index contributed by atoms with van der Waals surface area (Å²) in [6.07, 6.45) is -1.06. The number of halogens is 3. The van der Waals surface area contributed by atoms with Gasteiger partial charge in [0.15, 0.2) is 9.84 Å². The maximum Gasteiger partial charge on any atom is 0.411 e. The monoisotopic (exact) mass is 345 g/mol. The third-order valence-electron chi connectivity index (χ3n) is 3.48. The predicted molar refractivity (Wildman–Crippen MR) is 75.2 cm³/mol. The zero-order valence-corrected chi connectivity index (χ0v) is 13.1. The molecule has 1 saturated carbocycles. The molecule has 130 valence electrons. The molecule has 0 atom stereocenters. The first-order valence-electron chi connectivity index (χ1n) is 7.33. The Balaban J connectivity index is 2.08. The van der Waals surface area contributed by atoms with Crippen molar-refractivity contribution in [3.8, 4) is 0 Å². The van der Waals surface area contributed by atoms with Crippen molar-refractivity contribution in [2.24, 2.45) is 0 Å². The van der Waals surface area contributed by atoms with Crippen molar-refractivity contribution in [2.45, 2.75) is 50.0 Å². The van der Waals surface area contributed by atoms with E-state index in [0.717, 1.165) is 12.8 Å². The van der Waals surface area contributed by atoms with Crippen LogP contribution in [0.4, 0.5) is 13.2 Å². The van der Waals surface area contributed by atoms with Crippen LogP contribution in [0.15, 0.2) is 0 Å². The van der Waals surface area contributed by atoms with Gasteiger partial charge in [-0.05, 0) is 19.3 Å². The molecule has 0 aromatic heterocycles. The molecule has 1 amide bonds. The molecule has 0 saturated heterocycles. The third kappa shape index (κ3) is 7.98. The second-order valence-corrected chi connectivity index (χ2v) is 7.80. The maximum absolute atomic E-state index is 11.9. The van der Waals surface area contributed by atoms with Gasteiger partial charge >= 0.3 is 6.18 Å². The van der Waals surface area contributed by atoms with Gasteiger partial charge in [-0.1, -0.05) is 12.8 Å². The number of hydrogen-bond acceptors (Lipinski definition) is 4. The molecule has 0 radical (unpaired) electrons. The van der Waals surface area contributed by atoms with E-state index in [2.05, 4.69) is 10.1 Å². The van der Waals surface area contributed by atoms with E-state index in [1.54, 1.807) is 0 Å². The molecule has 0 unspecified atom stereocenters. The SMILES string of the molecule is O=C(CCS(=O)(=O)C1CCCC1)NCCCOCC(F)(F)F. The van der Waals surface area contributed by atoms with Gasteiger partial charge in [0.25, 0.3) is 0 Å². The highest BCUT2D eigenvalue weighted by atomic mass is 32.2. The number of amides is 1. The molecule has 1 rings (SSSR count). The van der Waals surface area contributed by atoms with Crippen molar-refractivity contribution in [2.75, 3.05) is 25.5 Å². The summed E-state index contributed by atoms with van der Waals surface area (Å²) in [6, 6.07) is 0. The topological polar surface area (TPSA) is 72.5 Å². The molecule has 1 N–H and O–H groups in total. The van der Waals surface area contributed by atoms with Crippen LogP contribution in [-0.2, 0) is 19.4 Å². The Morgan fingerprint density at radius 3 is 2.45 bits per heavy atom. The number of rotatable bonds is 9. The zero-order chi connectivity index (χ0) is 16.6. The predicted octanol–water partition coefficient (Wildman–Crippen LogP) is 1.82. The highest BCUT2D eigenvalue weighted by molar-refractivity contribution is 7.92. The lowest BCUT2D eigenvalue weighted by molar-refractivity contribution is -0.174. The van der Waals surface area contributed by atoms with Gasteiger partial charge in [-0.2, -0.15) is 13.2 Å². The van der Waals surface area contributed by atoms with Crippen LogP contribution in [0.1, 0.15) is 38.5 Å². The minimum Gasteiger partial charge on any atom is -0.372 e. The summed E-state index contributed by atoms with van der Waals surface area (Å²) in [6.45, 7) is -1.25. The van der Waals surface area contributed by atoms with E-state index >= 15 is 0 Å². The zero-order valence-electron chi connectivity index (χ0n) is 12.3. The summed E-state index contributed by atoms with van der Waals surface area (Å²) in [5.41, 5.74) is 0. The third-order valence-corrected chi connectivity index (χ3v) is 5.74. The van der Waals surface area contributed by atoms with E-state index in [0.29, 0.717) is 12.8 Å². The minimum atomic E-state index is -4.35. The molecule has 9 heteroatoms. The van der Waals surface area contributed by atoms with Gasteiger partial charge in [0, 0.05) is 19.6 Å². The lowest BCUT2D eigenvalue weighted by atomic mass is 10.4. The first-order valence-corrected chi connectivity index (χ1v) is 9.05. The molecule has 0 heterocycles. The molecule has 0 bridgehead atoms. The van der Waals surface area contributed by atoms with Crippen LogP contribution in [0, 0.1) is 0 Å². The van der Waals surface area contributed by atoms with Gasteiger partial charge in [-0.15, -0.1) is 0 Å². The van der Waals surface area contributed by atoms with Crippen molar-refractivity contribution in [1.82, 2.24) is 5.32 Å². The van der Waals surface area contributed by atoms with Crippen LogP contribution >= 0.6 is 0 Å². The van der Waals surface area contributed by atoms with Crippen LogP contribution in [0.3, 0.4) is 0 Å². The summed E-state index contributed by atoms with van der Waals surface area (Å²) in [5, 5.41) is 2.16. The fourth-order valence-electron chi connectivity index (χ4n) is 2.33. The number of nitrogens with one attached hydrogen (secondary N) is 1. The normalized spacial score (nSPS) is 16.9. The van der Waals surface area contributed by atoms with E-state index < -0.39 is 28.5 Å². The van der Waals surface area contributed by atoms with Gasteiger partial charge in [-0.25, -0.2) is 8.42 Å². The Labute approximate surface area is 128 Å². The molecule has 1 aliphatic rings. The molecule has 0 aliphatic heterocycles. The Bertz CT molecular complexity index is 445. The summed E-state index contributed by atoms with van der Waals surface area (Å²) in [4.78, 5) is 11.5.